The molecule has 0 saturated carbocycles. The highest BCUT2D eigenvalue weighted by molar-refractivity contribution is 6.07. The lowest BCUT2D eigenvalue weighted by molar-refractivity contribution is 0.0733. The van der Waals surface area contributed by atoms with Gasteiger partial charge in [-0.3, -0.25) is 9.89 Å². The van der Waals surface area contributed by atoms with Crippen molar-refractivity contribution >= 4 is 28.5 Å². The fourth-order valence-electron chi connectivity index (χ4n) is 3.22. The van der Waals surface area contributed by atoms with E-state index in [2.05, 4.69) is 36.3 Å². The highest BCUT2D eigenvalue weighted by Crippen LogP contribution is 2.25. The molecule has 0 atom stereocenters. The average molecular weight is 413 g/mol. The van der Waals surface area contributed by atoms with Crippen molar-refractivity contribution in [1.82, 2.24) is 10.2 Å². The third-order valence-corrected chi connectivity index (χ3v) is 5.02. The molecule has 1 heterocycles. The first kappa shape index (κ1) is 20.3. The van der Waals surface area contributed by atoms with Crippen LogP contribution in [0.1, 0.15) is 47.1 Å². The van der Waals surface area contributed by atoms with E-state index in [-0.39, 0.29) is 22.6 Å². The number of aromatic nitrogens is 2. The van der Waals surface area contributed by atoms with E-state index in [4.69, 9.17) is 4.74 Å². The van der Waals surface area contributed by atoms with Crippen LogP contribution in [0.25, 0.3) is 10.9 Å². The number of nitrogens with one attached hydrogen (secondary N) is 2. The second-order valence-corrected chi connectivity index (χ2v) is 8.34. The van der Waals surface area contributed by atoms with Gasteiger partial charge < -0.3 is 10.1 Å². The topological polar surface area (TPSA) is 84.1 Å². The molecule has 0 spiro atoms. The molecule has 0 fully saturated rings. The summed E-state index contributed by atoms with van der Waals surface area (Å²) >= 11 is 0. The van der Waals surface area contributed by atoms with Crippen molar-refractivity contribution in [1.29, 1.82) is 0 Å². The molecule has 0 radical (unpaired) electrons. The Morgan fingerprint density at radius 1 is 0.968 bits per heavy atom. The lowest BCUT2D eigenvalue weighted by atomic mass is 9.87. The zero-order valence-electron chi connectivity index (χ0n) is 17.6. The first-order valence-electron chi connectivity index (χ1n) is 9.97. The standard InChI is InChI=1S/C25H23N3O3/c1-25(2,3)18-11-8-16(9-12-18)24(30)31-22-7-5-4-6-20(22)23(29)27-19-13-10-17-15-26-28-21(17)14-19/h4-15H,1-3H3,(H,26,28)(H,27,29). The molecule has 0 aliphatic rings. The first-order chi connectivity index (χ1) is 14.8. The molecule has 2 N–H and O–H groups in total. The molecule has 0 aliphatic heterocycles. The molecule has 6 heteroatoms. The van der Waals surface area contributed by atoms with Crippen molar-refractivity contribution < 1.29 is 14.3 Å². The summed E-state index contributed by atoms with van der Waals surface area (Å²) in [5.74, 6) is -0.683. The SMILES string of the molecule is CC(C)(C)c1ccc(C(=O)Oc2ccccc2C(=O)Nc2ccc3cn[nH]c3c2)cc1. The lowest BCUT2D eigenvalue weighted by Crippen LogP contribution is -2.16. The summed E-state index contributed by atoms with van der Waals surface area (Å²) in [6.07, 6.45) is 1.71. The fourth-order valence-corrected chi connectivity index (χ4v) is 3.22. The maximum Gasteiger partial charge on any atom is 0.343 e. The van der Waals surface area contributed by atoms with Crippen LogP contribution in [0.4, 0.5) is 5.69 Å². The van der Waals surface area contributed by atoms with Crippen molar-refractivity contribution in [2.75, 3.05) is 5.32 Å². The summed E-state index contributed by atoms with van der Waals surface area (Å²) in [6.45, 7) is 6.33. The quantitative estimate of drug-likeness (QED) is 0.350. The van der Waals surface area contributed by atoms with Crippen LogP contribution in [0.15, 0.2) is 72.9 Å². The number of para-hydroxylation sites is 1. The molecular weight excluding hydrogens is 390 g/mol. The lowest BCUT2D eigenvalue weighted by Gasteiger charge is -2.19. The Hall–Kier alpha value is -3.93. The summed E-state index contributed by atoms with van der Waals surface area (Å²) in [6, 6.07) is 19.4. The molecule has 4 aromatic rings. The van der Waals surface area contributed by atoms with Gasteiger partial charge in [0.2, 0.25) is 0 Å². The summed E-state index contributed by atoms with van der Waals surface area (Å²) in [5, 5.41) is 10.6. The first-order valence-corrected chi connectivity index (χ1v) is 9.97. The summed E-state index contributed by atoms with van der Waals surface area (Å²) < 4.78 is 5.56. The van der Waals surface area contributed by atoms with Gasteiger partial charge in [-0.15, -0.1) is 0 Å². The Morgan fingerprint density at radius 3 is 2.45 bits per heavy atom. The number of esters is 1. The van der Waals surface area contributed by atoms with E-state index in [1.54, 1.807) is 54.7 Å². The zero-order chi connectivity index (χ0) is 22.0. The minimum atomic E-state index is -0.514. The average Bonchev–Trinajstić information content (AvgIpc) is 3.21. The van der Waals surface area contributed by atoms with Crippen LogP contribution in [0.5, 0.6) is 5.75 Å². The second kappa shape index (κ2) is 8.07. The van der Waals surface area contributed by atoms with E-state index < -0.39 is 5.97 Å². The predicted molar refractivity (Wildman–Crippen MR) is 121 cm³/mol. The van der Waals surface area contributed by atoms with Crippen molar-refractivity contribution in [3.8, 4) is 5.75 Å². The minimum Gasteiger partial charge on any atom is -0.422 e. The summed E-state index contributed by atoms with van der Waals surface area (Å²) in [5.41, 5.74) is 3.24. The number of aromatic amines is 1. The van der Waals surface area contributed by atoms with Gasteiger partial charge in [-0.05, 0) is 53.4 Å². The molecule has 6 nitrogen and oxygen atoms in total. The Morgan fingerprint density at radius 2 is 1.71 bits per heavy atom. The number of carbonyl (C=O) groups excluding carboxylic acids is 2. The normalized spacial score (nSPS) is 11.3. The van der Waals surface area contributed by atoms with Gasteiger partial charge in [0.05, 0.1) is 22.8 Å². The van der Waals surface area contributed by atoms with Gasteiger partial charge in [0.25, 0.3) is 5.91 Å². The largest absolute Gasteiger partial charge is 0.422 e. The van der Waals surface area contributed by atoms with Crippen molar-refractivity contribution in [3.05, 3.63) is 89.6 Å². The van der Waals surface area contributed by atoms with Gasteiger partial charge in [0, 0.05) is 11.1 Å². The smallest absolute Gasteiger partial charge is 0.343 e. The van der Waals surface area contributed by atoms with Gasteiger partial charge in [-0.25, -0.2) is 4.79 Å². The van der Waals surface area contributed by atoms with Crippen LogP contribution in [0.2, 0.25) is 0 Å². The van der Waals surface area contributed by atoms with Crippen molar-refractivity contribution in [2.45, 2.75) is 26.2 Å². The van der Waals surface area contributed by atoms with E-state index in [9.17, 15) is 9.59 Å². The Kier molecular flexibility index (Phi) is 5.29. The van der Waals surface area contributed by atoms with E-state index in [0.29, 0.717) is 11.3 Å². The van der Waals surface area contributed by atoms with E-state index in [1.165, 1.54) is 0 Å². The van der Waals surface area contributed by atoms with Crippen LogP contribution in [-0.4, -0.2) is 22.1 Å². The maximum absolute atomic E-state index is 12.9. The molecule has 0 unspecified atom stereocenters. The number of ether oxygens (including phenoxy) is 1. The molecule has 31 heavy (non-hydrogen) atoms. The van der Waals surface area contributed by atoms with Crippen molar-refractivity contribution in [3.63, 3.8) is 0 Å². The highest BCUT2D eigenvalue weighted by Gasteiger charge is 2.18. The summed E-state index contributed by atoms with van der Waals surface area (Å²) in [4.78, 5) is 25.5. The molecule has 0 bridgehead atoms. The molecule has 156 valence electrons. The van der Waals surface area contributed by atoms with Gasteiger partial charge in [0.1, 0.15) is 5.75 Å². The summed E-state index contributed by atoms with van der Waals surface area (Å²) in [7, 11) is 0. The molecule has 1 amide bonds. The fraction of sp³-hybridized carbons (Fsp3) is 0.160. The monoisotopic (exact) mass is 413 g/mol. The number of rotatable bonds is 4. The number of fused-ring (bicyclic) bond motifs is 1. The third-order valence-electron chi connectivity index (χ3n) is 5.02. The number of H-pyrrole nitrogens is 1. The molecular formula is C25H23N3O3. The van der Waals surface area contributed by atoms with Gasteiger partial charge in [0.15, 0.2) is 0 Å². The van der Waals surface area contributed by atoms with E-state index in [0.717, 1.165) is 16.5 Å². The number of anilines is 1. The number of nitrogens with zero attached hydrogens (tertiary/aromatic N) is 1. The third kappa shape index (κ3) is 4.48. The van der Waals surface area contributed by atoms with Crippen LogP contribution in [0.3, 0.4) is 0 Å². The zero-order valence-corrected chi connectivity index (χ0v) is 17.6. The number of benzene rings is 3. The molecule has 0 saturated heterocycles. The highest BCUT2D eigenvalue weighted by atomic mass is 16.5. The van der Waals surface area contributed by atoms with Gasteiger partial charge in [-0.1, -0.05) is 45.0 Å². The van der Waals surface area contributed by atoms with Gasteiger partial charge >= 0.3 is 5.97 Å². The second-order valence-electron chi connectivity index (χ2n) is 8.34. The molecule has 0 aliphatic carbocycles. The number of carbonyl (C=O) groups is 2. The molecule has 1 aromatic heterocycles. The Labute approximate surface area is 180 Å². The van der Waals surface area contributed by atoms with Crippen LogP contribution in [-0.2, 0) is 5.41 Å². The van der Waals surface area contributed by atoms with Gasteiger partial charge in [-0.2, -0.15) is 5.10 Å². The minimum absolute atomic E-state index is 0.00761. The number of hydrogen-bond donors (Lipinski definition) is 2. The number of hydrogen-bond acceptors (Lipinski definition) is 4. The molecule has 4 rings (SSSR count). The van der Waals surface area contributed by atoms with Crippen LogP contribution < -0.4 is 10.1 Å². The van der Waals surface area contributed by atoms with E-state index >= 15 is 0 Å². The Balaban J connectivity index is 1.52. The van der Waals surface area contributed by atoms with E-state index in [1.807, 2.05) is 18.2 Å². The molecule has 3 aromatic carbocycles. The van der Waals surface area contributed by atoms with Crippen LogP contribution >= 0.6 is 0 Å². The maximum atomic E-state index is 12.9. The van der Waals surface area contributed by atoms with Crippen molar-refractivity contribution in [2.24, 2.45) is 0 Å². The van der Waals surface area contributed by atoms with Crippen LogP contribution in [0, 0.1) is 0 Å². The number of amides is 1. The Bertz CT molecular complexity index is 1250. The predicted octanol–water partition coefficient (Wildman–Crippen LogP) is 5.33.